The first-order valence-corrected chi connectivity index (χ1v) is 13.2. The Morgan fingerprint density at radius 1 is 1.08 bits per heavy atom. The van der Waals surface area contributed by atoms with Crippen LogP contribution in [-0.4, -0.2) is 49.2 Å². The monoisotopic (exact) mass is 510 g/mol. The molecule has 0 saturated heterocycles. The number of hydrogen-bond donors (Lipinski definition) is 3. The molecule has 0 atom stereocenters. The number of nitrogens with two attached hydrogens (primary N) is 1. The summed E-state index contributed by atoms with van der Waals surface area (Å²) in [5.74, 6) is 1.24. The number of sulfonamides is 1. The SMILES string of the molecule is COCCc1nc2c(N)nc3ccccc3c2n1CCCCNC(=O)NS(=O)(=O)c1ccc(C)cc1. The number of rotatable bonds is 10. The van der Waals surface area contributed by atoms with Crippen LogP contribution in [0.4, 0.5) is 10.6 Å². The highest BCUT2D eigenvalue weighted by Gasteiger charge is 2.18. The third-order valence-electron chi connectivity index (χ3n) is 5.87. The molecule has 0 bridgehead atoms. The molecule has 2 aromatic heterocycles. The minimum atomic E-state index is -3.92. The van der Waals surface area contributed by atoms with Crippen molar-refractivity contribution in [1.29, 1.82) is 0 Å². The van der Waals surface area contributed by atoms with Crippen molar-refractivity contribution >= 4 is 43.8 Å². The highest BCUT2D eigenvalue weighted by molar-refractivity contribution is 7.90. The number of nitrogens with one attached hydrogen (secondary N) is 2. The maximum Gasteiger partial charge on any atom is 0.328 e. The van der Waals surface area contributed by atoms with Gasteiger partial charge in [-0.15, -0.1) is 0 Å². The normalized spacial score (nSPS) is 11.7. The minimum absolute atomic E-state index is 0.0415. The Bertz CT molecular complexity index is 1480. The summed E-state index contributed by atoms with van der Waals surface area (Å²) >= 11 is 0. The summed E-state index contributed by atoms with van der Waals surface area (Å²) in [5.41, 5.74) is 9.55. The third kappa shape index (κ3) is 5.58. The number of amides is 2. The Balaban J connectivity index is 1.41. The van der Waals surface area contributed by atoms with E-state index in [9.17, 15) is 13.2 Å². The third-order valence-corrected chi connectivity index (χ3v) is 7.22. The Kier molecular flexibility index (Phi) is 7.70. The summed E-state index contributed by atoms with van der Waals surface area (Å²) in [6.07, 6.45) is 1.99. The van der Waals surface area contributed by atoms with Gasteiger partial charge < -0.3 is 20.4 Å². The molecule has 4 N–H and O–H groups in total. The van der Waals surface area contributed by atoms with Gasteiger partial charge in [0.25, 0.3) is 10.0 Å². The molecule has 190 valence electrons. The van der Waals surface area contributed by atoms with Crippen LogP contribution in [0.3, 0.4) is 0 Å². The fourth-order valence-electron chi connectivity index (χ4n) is 4.06. The van der Waals surface area contributed by atoms with Crippen LogP contribution in [0.1, 0.15) is 24.2 Å². The van der Waals surface area contributed by atoms with Gasteiger partial charge in [-0.25, -0.2) is 27.9 Å². The lowest BCUT2D eigenvalue weighted by Crippen LogP contribution is -2.39. The number of pyridine rings is 1. The lowest BCUT2D eigenvalue weighted by molar-refractivity contribution is 0.199. The molecule has 0 unspecified atom stereocenters. The second-order valence-corrected chi connectivity index (χ2v) is 10.2. The van der Waals surface area contributed by atoms with Gasteiger partial charge in [-0.1, -0.05) is 35.9 Å². The molecule has 11 heteroatoms. The summed E-state index contributed by atoms with van der Waals surface area (Å²) in [6.45, 7) is 3.34. The van der Waals surface area contributed by atoms with E-state index in [1.165, 1.54) is 12.1 Å². The van der Waals surface area contributed by atoms with Gasteiger partial charge in [-0.3, -0.25) is 0 Å². The first-order valence-electron chi connectivity index (χ1n) is 11.7. The summed E-state index contributed by atoms with van der Waals surface area (Å²) in [7, 11) is -2.28. The van der Waals surface area contributed by atoms with Gasteiger partial charge in [0.1, 0.15) is 11.3 Å². The van der Waals surface area contributed by atoms with Crippen molar-refractivity contribution in [3.05, 3.63) is 59.9 Å². The second kappa shape index (κ2) is 10.9. The van der Waals surface area contributed by atoms with Crippen molar-refractivity contribution in [2.75, 3.05) is 26.0 Å². The molecule has 2 heterocycles. The molecule has 4 rings (SSSR count). The van der Waals surface area contributed by atoms with Crippen molar-refractivity contribution in [1.82, 2.24) is 24.6 Å². The van der Waals surface area contributed by atoms with Crippen LogP contribution in [0.2, 0.25) is 0 Å². The molecule has 0 radical (unpaired) electrons. The maximum absolute atomic E-state index is 12.4. The summed E-state index contributed by atoms with van der Waals surface area (Å²) < 4.78 is 34.2. The van der Waals surface area contributed by atoms with Gasteiger partial charge in [-0.2, -0.15) is 0 Å². The number of nitrogen functional groups attached to an aromatic ring is 1. The first kappa shape index (κ1) is 25.4. The predicted octanol–water partition coefficient (Wildman–Crippen LogP) is 3.13. The molecule has 0 saturated carbocycles. The summed E-state index contributed by atoms with van der Waals surface area (Å²) in [4.78, 5) is 21.5. The number of imidazole rings is 1. The minimum Gasteiger partial charge on any atom is -0.384 e. The number of carbonyl (C=O) groups is 1. The number of hydrogen-bond acceptors (Lipinski definition) is 7. The Morgan fingerprint density at radius 3 is 2.58 bits per heavy atom. The number of carbonyl (C=O) groups excluding carboxylic acids is 1. The standard InChI is InChI=1S/C25H30N6O4S/c1-17-9-11-18(12-10-17)36(33,34)30-25(32)27-14-5-6-15-31-21(13-16-35-2)29-22-23(31)19-7-3-4-8-20(19)28-24(22)26/h3-4,7-12H,5-6,13-16H2,1-2H3,(H2,26,28)(H2,27,30,32). The number of urea groups is 1. The fourth-order valence-corrected chi connectivity index (χ4v) is 4.99. The Morgan fingerprint density at radius 2 is 1.83 bits per heavy atom. The average Bonchev–Trinajstić information content (AvgIpc) is 3.22. The molecular formula is C25H30N6O4S. The lowest BCUT2D eigenvalue weighted by atomic mass is 10.2. The van der Waals surface area contributed by atoms with E-state index in [1.807, 2.05) is 31.2 Å². The highest BCUT2D eigenvalue weighted by Crippen LogP contribution is 2.29. The van der Waals surface area contributed by atoms with Crippen LogP contribution in [0.5, 0.6) is 0 Å². The summed E-state index contributed by atoms with van der Waals surface area (Å²) in [6, 6.07) is 13.3. The van der Waals surface area contributed by atoms with Crippen molar-refractivity contribution in [3.8, 4) is 0 Å². The van der Waals surface area contributed by atoms with Crippen LogP contribution in [0.15, 0.2) is 53.4 Å². The number of unbranched alkanes of at least 4 members (excludes halogenated alkanes) is 1. The zero-order chi connectivity index (χ0) is 25.7. The predicted molar refractivity (Wildman–Crippen MR) is 139 cm³/mol. The largest absolute Gasteiger partial charge is 0.384 e. The zero-order valence-corrected chi connectivity index (χ0v) is 21.1. The molecule has 0 fully saturated rings. The van der Waals surface area contributed by atoms with Crippen LogP contribution in [0.25, 0.3) is 21.9 Å². The highest BCUT2D eigenvalue weighted by atomic mass is 32.2. The fraction of sp³-hybridized carbons (Fsp3) is 0.320. The molecule has 36 heavy (non-hydrogen) atoms. The van der Waals surface area contributed by atoms with Crippen LogP contribution in [0, 0.1) is 6.92 Å². The number of anilines is 1. The van der Waals surface area contributed by atoms with Gasteiger partial charge in [0.05, 0.1) is 22.5 Å². The molecule has 0 aliphatic rings. The number of benzene rings is 2. The number of nitrogens with zero attached hydrogens (tertiary/aromatic N) is 3. The smallest absolute Gasteiger partial charge is 0.328 e. The topological polar surface area (TPSA) is 141 Å². The number of ether oxygens (including phenoxy) is 1. The van der Waals surface area contributed by atoms with Crippen molar-refractivity contribution in [3.63, 3.8) is 0 Å². The quantitative estimate of drug-likeness (QED) is 0.278. The van der Waals surface area contributed by atoms with Crippen molar-refractivity contribution in [2.45, 2.75) is 37.6 Å². The lowest BCUT2D eigenvalue weighted by Gasteiger charge is -2.12. The van der Waals surface area contributed by atoms with Gasteiger partial charge in [0.15, 0.2) is 5.82 Å². The molecule has 2 amide bonds. The van der Waals surface area contributed by atoms with Crippen LogP contribution >= 0.6 is 0 Å². The van der Waals surface area contributed by atoms with Gasteiger partial charge in [0, 0.05) is 32.0 Å². The molecular weight excluding hydrogens is 480 g/mol. The average molecular weight is 511 g/mol. The van der Waals surface area contributed by atoms with Gasteiger partial charge >= 0.3 is 6.03 Å². The molecule has 10 nitrogen and oxygen atoms in total. The van der Waals surface area contributed by atoms with Crippen molar-refractivity contribution < 1.29 is 17.9 Å². The molecule has 0 aliphatic carbocycles. The van der Waals surface area contributed by atoms with E-state index in [1.54, 1.807) is 19.2 Å². The Hall–Kier alpha value is -3.70. The maximum atomic E-state index is 12.4. The van der Waals surface area contributed by atoms with Gasteiger partial charge in [0.2, 0.25) is 0 Å². The summed E-state index contributed by atoms with van der Waals surface area (Å²) in [5, 5.41) is 3.59. The molecule has 0 aliphatic heterocycles. The number of fused-ring (bicyclic) bond motifs is 3. The molecule has 2 aromatic carbocycles. The number of aromatic nitrogens is 3. The Labute approximate surface area is 209 Å². The van der Waals surface area contributed by atoms with Gasteiger partial charge in [-0.05, 0) is 38.0 Å². The van der Waals surface area contributed by atoms with E-state index in [-0.39, 0.29) is 4.90 Å². The van der Waals surface area contributed by atoms with Crippen LogP contribution in [-0.2, 0) is 27.7 Å². The van der Waals surface area contributed by atoms with E-state index in [2.05, 4.69) is 19.6 Å². The number of aryl methyl sites for hydroxylation is 2. The van der Waals surface area contributed by atoms with Crippen LogP contribution < -0.4 is 15.8 Å². The van der Waals surface area contributed by atoms with E-state index in [0.29, 0.717) is 43.9 Å². The van der Waals surface area contributed by atoms with E-state index >= 15 is 0 Å². The number of methoxy groups -OCH3 is 1. The van der Waals surface area contributed by atoms with E-state index in [0.717, 1.165) is 34.2 Å². The zero-order valence-electron chi connectivity index (χ0n) is 20.3. The number of para-hydroxylation sites is 1. The molecule has 4 aromatic rings. The van der Waals surface area contributed by atoms with Crippen molar-refractivity contribution in [2.24, 2.45) is 0 Å². The second-order valence-electron chi connectivity index (χ2n) is 8.52. The molecule has 0 spiro atoms. The van der Waals surface area contributed by atoms with E-state index < -0.39 is 16.1 Å². The van der Waals surface area contributed by atoms with E-state index in [4.69, 9.17) is 15.5 Å². The first-order chi connectivity index (χ1) is 17.3.